The molecule has 0 aliphatic rings. The van der Waals surface area contributed by atoms with Gasteiger partial charge in [-0.3, -0.25) is 9.59 Å². The Labute approximate surface area is 135 Å². The Kier molecular flexibility index (Phi) is 7.95. The van der Waals surface area contributed by atoms with Gasteiger partial charge in [0, 0.05) is 25.0 Å². The van der Waals surface area contributed by atoms with Gasteiger partial charge in [-0.15, -0.1) is 0 Å². The van der Waals surface area contributed by atoms with Gasteiger partial charge < -0.3 is 10.6 Å². The minimum Gasteiger partial charge on any atom is -0.353 e. The first-order valence-corrected chi connectivity index (χ1v) is 8.43. The average Bonchev–Trinajstić information content (AvgIpc) is 2.45. The lowest BCUT2D eigenvalue weighted by molar-refractivity contribution is -0.129. The van der Waals surface area contributed by atoms with Crippen molar-refractivity contribution in [2.45, 2.75) is 32.6 Å². The fraction of sp³-hybridized carbons (Fsp3) is 0.500. The summed E-state index contributed by atoms with van der Waals surface area (Å²) in [5.74, 6) is 0.672. The number of hydrogen-bond donors (Lipinski definition) is 2. The summed E-state index contributed by atoms with van der Waals surface area (Å²) >= 11 is 1.55. The fourth-order valence-corrected chi connectivity index (χ4v) is 2.75. The lowest BCUT2D eigenvalue weighted by Gasteiger charge is -2.20. The van der Waals surface area contributed by atoms with E-state index in [4.69, 9.17) is 0 Å². The highest BCUT2D eigenvalue weighted by molar-refractivity contribution is 7.98. The van der Waals surface area contributed by atoms with E-state index in [9.17, 15) is 14.0 Å². The first-order chi connectivity index (χ1) is 10.4. The Balaban J connectivity index is 2.29. The van der Waals surface area contributed by atoms with Crippen LogP contribution in [0.25, 0.3) is 0 Å². The second-order valence-corrected chi connectivity index (χ2v) is 6.46. The Bertz CT molecular complexity index is 509. The molecule has 1 aromatic carbocycles. The highest BCUT2D eigenvalue weighted by Crippen LogP contribution is 2.14. The van der Waals surface area contributed by atoms with Crippen molar-refractivity contribution >= 4 is 23.6 Å². The minimum absolute atomic E-state index is 0.0231. The molecule has 2 amide bonds. The molecule has 122 valence electrons. The van der Waals surface area contributed by atoms with E-state index in [1.54, 1.807) is 30.0 Å². The summed E-state index contributed by atoms with van der Waals surface area (Å²) in [6.45, 7) is 5.65. The fourth-order valence-electron chi connectivity index (χ4n) is 1.91. The van der Waals surface area contributed by atoms with Gasteiger partial charge in [0.2, 0.25) is 11.8 Å². The molecule has 2 N–H and O–H groups in total. The molecule has 0 spiro atoms. The summed E-state index contributed by atoms with van der Waals surface area (Å²) in [6, 6.07) is 6.15. The van der Waals surface area contributed by atoms with E-state index in [1.807, 2.05) is 13.8 Å². The molecule has 0 aromatic heterocycles. The van der Waals surface area contributed by atoms with Gasteiger partial charge in [0.1, 0.15) is 11.9 Å². The van der Waals surface area contributed by atoms with Crippen molar-refractivity contribution < 1.29 is 14.0 Å². The van der Waals surface area contributed by atoms with Crippen LogP contribution in [0, 0.1) is 11.7 Å². The lowest BCUT2D eigenvalue weighted by atomic mass is 10.0. The summed E-state index contributed by atoms with van der Waals surface area (Å²) in [7, 11) is 0. The molecule has 6 heteroatoms. The highest BCUT2D eigenvalue weighted by Gasteiger charge is 2.22. The van der Waals surface area contributed by atoms with Crippen LogP contribution in [0.2, 0.25) is 0 Å². The van der Waals surface area contributed by atoms with Gasteiger partial charge in [-0.1, -0.05) is 32.0 Å². The Morgan fingerprint density at radius 2 is 1.95 bits per heavy atom. The SMILES string of the molecule is CC(=O)N[C@H](C(=O)NCCSCc1ccccc1F)C(C)C. The van der Waals surface area contributed by atoms with Gasteiger partial charge in [-0.25, -0.2) is 4.39 Å². The molecule has 0 fully saturated rings. The zero-order chi connectivity index (χ0) is 16.5. The first-order valence-electron chi connectivity index (χ1n) is 7.27. The number of benzene rings is 1. The van der Waals surface area contributed by atoms with E-state index in [2.05, 4.69) is 10.6 Å². The summed E-state index contributed by atoms with van der Waals surface area (Å²) in [6.07, 6.45) is 0. The van der Waals surface area contributed by atoms with Crippen molar-refractivity contribution in [1.29, 1.82) is 0 Å². The first kappa shape index (κ1) is 18.5. The van der Waals surface area contributed by atoms with Crippen molar-refractivity contribution in [1.82, 2.24) is 10.6 Å². The monoisotopic (exact) mass is 326 g/mol. The van der Waals surface area contributed by atoms with Gasteiger partial charge in [0.25, 0.3) is 0 Å². The van der Waals surface area contributed by atoms with E-state index in [1.165, 1.54) is 13.0 Å². The molecule has 22 heavy (non-hydrogen) atoms. The second kappa shape index (κ2) is 9.46. The quantitative estimate of drug-likeness (QED) is 0.721. The molecule has 0 radical (unpaired) electrons. The van der Waals surface area contributed by atoms with E-state index < -0.39 is 6.04 Å². The molecule has 0 unspecified atom stereocenters. The van der Waals surface area contributed by atoms with E-state index >= 15 is 0 Å². The van der Waals surface area contributed by atoms with Crippen LogP contribution in [0.4, 0.5) is 4.39 Å². The largest absolute Gasteiger partial charge is 0.353 e. The van der Waals surface area contributed by atoms with Crippen molar-refractivity contribution in [3.05, 3.63) is 35.6 Å². The molecule has 0 bridgehead atoms. The summed E-state index contributed by atoms with van der Waals surface area (Å²) in [4.78, 5) is 23.1. The molecule has 0 saturated carbocycles. The third kappa shape index (κ3) is 6.47. The molecular formula is C16H23FN2O2S. The molecule has 0 saturated heterocycles. The summed E-state index contributed by atoms with van der Waals surface area (Å²) < 4.78 is 13.4. The van der Waals surface area contributed by atoms with Crippen LogP contribution in [0.1, 0.15) is 26.3 Å². The minimum atomic E-state index is -0.519. The van der Waals surface area contributed by atoms with E-state index in [0.717, 1.165) is 0 Å². The summed E-state index contributed by atoms with van der Waals surface area (Å²) in [5, 5.41) is 5.45. The zero-order valence-electron chi connectivity index (χ0n) is 13.2. The zero-order valence-corrected chi connectivity index (χ0v) is 14.0. The number of carbonyl (C=O) groups is 2. The van der Waals surface area contributed by atoms with Crippen molar-refractivity contribution in [3.63, 3.8) is 0 Å². The standard InChI is InChI=1S/C16H23FN2O2S/c1-11(2)15(19-12(3)20)16(21)18-8-9-22-10-13-6-4-5-7-14(13)17/h4-7,11,15H,8-10H2,1-3H3,(H,18,21)(H,19,20)/t15-/m0/s1. The van der Waals surface area contributed by atoms with Crippen LogP contribution in [0.3, 0.4) is 0 Å². The van der Waals surface area contributed by atoms with E-state index in [-0.39, 0.29) is 23.5 Å². The normalized spacial score (nSPS) is 12.0. The number of hydrogen-bond acceptors (Lipinski definition) is 3. The number of thioether (sulfide) groups is 1. The summed E-state index contributed by atoms with van der Waals surface area (Å²) in [5.41, 5.74) is 0.664. The predicted octanol–water partition coefficient (Wildman–Crippen LogP) is 2.34. The Morgan fingerprint density at radius 3 is 2.55 bits per heavy atom. The van der Waals surface area contributed by atoms with Gasteiger partial charge in [0.15, 0.2) is 0 Å². The third-order valence-electron chi connectivity index (χ3n) is 3.07. The molecular weight excluding hydrogens is 303 g/mol. The van der Waals surface area contributed by atoms with Crippen LogP contribution < -0.4 is 10.6 Å². The number of halogens is 1. The topological polar surface area (TPSA) is 58.2 Å². The molecule has 0 aliphatic carbocycles. The smallest absolute Gasteiger partial charge is 0.242 e. The van der Waals surface area contributed by atoms with Crippen LogP contribution in [0.15, 0.2) is 24.3 Å². The number of rotatable bonds is 8. The molecule has 0 aliphatic heterocycles. The van der Waals surface area contributed by atoms with Gasteiger partial charge in [-0.2, -0.15) is 11.8 Å². The number of amides is 2. The Hall–Kier alpha value is -1.56. The molecule has 0 heterocycles. The predicted molar refractivity (Wildman–Crippen MR) is 88.0 cm³/mol. The number of nitrogens with one attached hydrogen (secondary N) is 2. The van der Waals surface area contributed by atoms with Crippen LogP contribution >= 0.6 is 11.8 Å². The van der Waals surface area contributed by atoms with Crippen LogP contribution in [-0.4, -0.2) is 30.2 Å². The van der Waals surface area contributed by atoms with Gasteiger partial charge >= 0.3 is 0 Å². The van der Waals surface area contributed by atoms with Crippen molar-refractivity contribution in [2.75, 3.05) is 12.3 Å². The molecule has 1 aromatic rings. The maximum atomic E-state index is 13.4. The van der Waals surface area contributed by atoms with Crippen LogP contribution in [-0.2, 0) is 15.3 Å². The molecule has 4 nitrogen and oxygen atoms in total. The third-order valence-corrected chi connectivity index (χ3v) is 4.08. The molecule has 1 rings (SSSR count). The second-order valence-electron chi connectivity index (χ2n) is 5.36. The lowest BCUT2D eigenvalue weighted by Crippen LogP contribution is -2.49. The van der Waals surface area contributed by atoms with Gasteiger partial charge in [0.05, 0.1) is 0 Å². The average molecular weight is 326 g/mol. The van der Waals surface area contributed by atoms with Crippen molar-refractivity contribution in [3.8, 4) is 0 Å². The van der Waals surface area contributed by atoms with E-state index in [0.29, 0.717) is 23.6 Å². The maximum absolute atomic E-state index is 13.4. The number of carbonyl (C=O) groups excluding carboxylic acids is 2. The highest BCUT2D eigenvalue weighted by atomic mass is 32.2. The van der Waals surface area contributed by atoms with Crippen molar-refractivity contribution in [2.24, 2.45) is 5.92 Å². The van der Waals surface area contributed by atoms with Crippen LogP contribution in [0.5, 0.6) is 0 Å². The maximum Gasteiger partial charge on any atom is 0.242 e. The Morgan fingerprint density at radius 1 is 1.27 bits per heavy atom. The molecule has 1 atom stereocenters. The van der Waals surface area contributed by atoms with Gasteiger partial charge in [-0.05, 0) is 17.5 Å².